The molecule has 0 aromatic carbocycles. The molecule has 1 rings (SSSR count). The highest BCUT2D eigenvalue weighted by Gasteiger charge is 2.27. The molecular weight excluding hydrogens is 142 g/mol. The molecule has 3 nitrogen and oxygen atoms in total. The predicted molar refractivity (Wildman–Crippen MR) is 43.3 cm³/mol. The van der Waals surface area contributed by atoms with Gasteiger partial charge in [-0.15, -0.1) is 0 Å². The van der Waals surface area contributed by atoms with E-state index in [1.165, 1.54) is 0 Å². The van der Waals surface area contributed by atoms with Gasteiger partial charge in [0.05, 0.1) is 6.10 Å². The molecule has 11 heavy (non-hydrogen) atoms. The molecule has 1 aliphatic rings. The quantitative estimate of drug-likeness (QED) is 0.520. The Bertz CT molecular complexity index is 117. The van der Waals surface area contributed by atoms with Crippen molar-refractivity contribution < 1.29 is 10.2 Å². The summed E-state index contributed by atoms with van der Waals surface area (Å²) in [4.78, 5) is 0. The second-order valence-electron chi connectivity index (χ2n) is 3.31. The fraction of sp³-hybridized carbons (Fsp3) is 1.00. The van der Waals surface area contributed by atoms with Gasteiger partial charge in [-0.1, -0.05) is 0 Å². The maximum Gasteiger partial charge on any atom is 0.0668 e. The van der Waals surface area contributed by atoms with E-state index in [0.29, 0.717) is 0 Å². The number of aliphatic hydroxyl groups excluding tert-OH is 2. The van der Waals surface area contributed by atoms with Gasteiger partial charge in [-0.3, -0.25) is 0 Å². The summed E-state index contributed by atoms with van der Waals surface area (Å²) in [6.07, 6.45) is 1.78. The maximum absolute atomic E-state index is 9.31. The van der Waals surface area contributed by atoms with Gasteiger partial charge in [0.15, 0.2) is 0 Å². The summed E-state index contributed by atoms with van der Waals surface area (Å²) in [5, 5.41) is 21.5. The Balaban J connectivity index is 2.44. The van der Waals surface area contributed by atoms with Crippen LogP contribution in [0.1, 0.15) is 19.8 Å². The molecule has 0 spiro atoms. The first-order valence-corrected chi connectivity index (χ1v) is 4.28. The lowest BCUT2D eigenvalue weighted by molar-refractivity contribution is 0.0660. The summed E-state index contributed by atoms with van der Waals surface area (Å²) in [5.74, 6) is 0.240. The second kappa shape index (κ2) is 4.04. The summed E-state index contributed by atoms with van der Waals surface area (Å²) >= 11 is 0. The van der Waals surface area contributed by atoms with Gasteiger partial charge >= 0.3 is 0 Å². The van der Waals surface area contributed by atoms with Crippen LogP contribution in [-0.4, -0.2) is 35.5 Å². The van der Waals surface area contributed by atoms with Gasteiger partial charge in [0.2, 0.25) is 0 Å². The molecular formula is C8H17NO2. The standard InChI is InChI=1S/C8H17NO2/c1-6(11)8-7(5-10)3-2-4-9-8/h6-11H,2-5H2,1H3. The fourth-order valence-electron chi connectivity index (χ4n) is 1.75. The first-order valence-electron chi connectivity index (χ1n) is 4.28. The Morgan fingerprint density at radius 3 is 2.82 bits per heavy atom. The molecule has 66 valence electrons. The summed E-state index contributed by atoms with van der Waals surface area (Å²) < 4.78 is 0. The van der Waals surface area contributed by atoms with Gasteiger partial charge in [0.1, 0.15) is 0 Å². The normalized spacial score (nSPS) is 35.2. The topological polar surface area (TPSA) is 52.5 Å². The zero-order valence-electron chi connectivity index (χ0n) is 6.95. The van der Waals surface area contributed by atoms with Gasteiger partial charge in [0, 0.05) is 12.6 Å². The predicted octanol–water partition coefficient (Wildman–Crippen LogP) is -0.272. The van der Waals surface area contributed by atoms with E-state index in [0.717, 1.165) is 19.4 Å². The molecule has 1 saturated heterocycles. The highest BCUT2D eigenvalue weighted by molar-refractivity contribution is 4.84. The molecule has 0 amide bonds. The molecule has 3 unspecified atom stereocenters. The van der Waals surface area contributed by atoms with E-state index in [1.54, 1.807) is 6.92 Å². The maximum atomic E-state index is 9.31. The van der Waals surface area contributed by atoms with Crippen LogP contribution in [0.3, 0.4) is 0 Å². The van der Waals surface area contributed by atoms with Gasteiger partial charge in [0.25, 0.3) is 0 Å². The monoisotopic (exact) mass is 159 g/mol. The first-order chi connectivity index (χ1) is 5.25. The molecule has 1 aliphatic heterocycles. The Labute approximate surface area is 67.4 Å². The number of nitrogens with one attached hydrogen (secondary N) is 1. The molecule has 0 radical (unpaired) electrons. The summed E-state index contributed by atoms with van der Waals surface area (Å²) in [6, 6.07) is 0.0914. The minimum atomic E-state index is -0.354. The molecule has 0 aromatic heterocycles. The van der Waals surface area contributed by atoms with Crippen LogP contribution in [0.15, 0.2) is 0 Å². The van der Waals surface area contributed by atoms with Crippen LogP contribution in [0.25, 0.3) is 0 Å². The third-order valence-corrected chi connectivity index (χ3v) is 2.39. The van der Waals surface area contributed by atoms with Gasteiger partial charge < -0.3 is 15.5 Å². The van der Waals surface area contributed by atoms with Crippen molar-refractivity contribution in [2.45, 2.75) is 31.9 Å². The zero-order chi connectivity index (χ0) is 8.27. The van der Waals surface area contributed by atoms with Crippen molar-refractivity contribution in [3.8, 4) is 0 Å². The lowest BCUT2D eigenvalue weighted by Gasteiger charge is -2.33. The van der Waals surface area contributed by atoms with Crippen molar-refractivity contribution >= 4 is 0 Å². The van der Waals surface area contributed by atoms with E-state index < -0.39 is 0 Å². The number of rotatable bonds is 2. The lowest BCUT2D eigenvalue weighted by Crippen LogP contribution is -2.49. The van der Waals surface area contributed by atoms with E-state index >= 15 is 0 Å². The summed E-state index contributed by atoms with van der Waals surface area (Å²) in [7, 11) is 0. The number of piperidine rings is 1. The molecule has 1 heterocycles. The molecule has 3 N–H and O–H groups in total. The molecule has 0 bridgehead atoms. The molecule has 0 saturated carbocycles. The van der Waals surface area contributed by atoms with E-state index in [-0.39, 0.29) is 24.7 Å². The van der Waals surface area contributed by atoms with Crippen molar-refractivity contribution in [2.24, 2.45) is 5.92 Å². The van der Waals surface area contributed by atoms with Crippen molar-refractivity contribution in [2.75, 3.05) is 13.2 Å². The van der Waals surface area contributed by atoms with Crippen molar-refractivity contribution in [3.05, 3.63) is 0 Å². The summed E-state index contributed by atoms with van der Waals surface area (Å²) in [6.45, 7) is 2.92. The first kappa shape index (κ1) is 8.97. The van der Waals surface area contributed by atoms with E-state index in [2.05, 4.69) is 5.32 Å². The van der Waals surface area contributed by atoms with Gasteiger partial charge in [-0.2, -0.15) is 0 Å². The van der Waals surface area contributed by atoms with Crippen molar-refractivity contribution in [3.63, 3.8) is 0 Å². The average Bonchev–Trinajstić information content (AvgIpc) is 2.04. The zero-order valence-corrected chi connectivity index (χ0v) is 6.95. The fourth-order valence-corrected chi connectivity index (χ4v) is 1.75. The van der Waals surface area contributed by atoms with Crippen LogP contribution in [0.2, 0.25) is 0 Å². The molecule has 3 heteroatoms. The largest absolute Gasteiger partial charge is 0.396 e. The number of hydrogen-bond acceptors (Lipinski definition) is 3. The van der Waals surface area contributed by atoms with Crippen LogP contribution < -0.4 is 5.32 Å². The van der Waals surface area contributed by atoms with Crippen LogP contribution >= 0.6 is 0 Å². The van der Waals surface area contributed by atoms with Gasteiger partial charge in [-0.25, -0.2) is 0 Å². The molecule has 0 aromatic rings. The Morgan fingerprint density at radius 2 is 2.36 bits per heavy atom. The van der Waals surface area contributed by atoms with Crippen LogP contribution in [0, 0.1) is 5.92 Å². The SMILES string of the molecule is CC(O)C1NCCCC1CO. The van der Waals surface area contributed by atoms with Crippen molar-refractivity contribution in [1.29, 1.82) is 0 Å². The molecule has 3 atom stereocenters. The third-order valence-electron chi connectivity index (χ3n) is 2.39. The lowest BCUT2D eigenvalue weighted by atomic mass is 9.89. The van der Waals surface area contributed by atoms with Gasteiger partial charge in [-0.05, 0) is 32.2 Å². The van der Waals surface area contributed by atoms with Crippen LogP contribution in [0.5, 0.6) is 0 Å². The molecule has 0 aliphatic carbocycles. The highest BCUT2D eigenvalue weighted by Crippen LogP contribution is 2.17. The van der Waals surface area contributed by atoms with Crippen LogP contribution in [0.4, 0.5) is 0 Å². The highest BCUT2D eigenvalue weighted by atomic mass is 16.3. The Hall–Kier alpha value is -0.120. The molecule has 1 fully saturated rings. The summed E-state index contributed by atoms with van der Waals surface area (Å²) in [5.41, 5.74) is 0. The Kier molecular flexibility index (Phi) is 3.30. The third kappa shape index (κ3) is 2.15. The number of hydrogen-bond donors (Lipinski definition) is 3. The van der Waals surface area contributed by atoms with Crippen LogP contribution in [-0.2, 0) is 0 Å². The Morgan fingerprint density at radius 1 is 1.64 bits per heavy atom. The number of aliphatic hydroxyl groups is 2. The second-order valence-corrected chi connectivity index (χ2v) is 3.31. The smallest absolute Gasteiger partial charge is 0.0668 e. The average molecular weight is 159 g/mol. The minimum Gasteiger partial charge on any atom is -0.396 e. The van der Waals surface area contributed by atoms with E-state index in [4.69, 9.17) is 5.11 Å². The minimum absolute atomic E-state index is 0.0914. The van der Waals surface area contributed by atoms with E-state index in [1.807, 2.05) is 0 Å². The van der Waals surface area contributed by atoms with E-state index in [9.17, 15) is 5.11 Å². The van der Waals surface area contributed by atoms with Crippen molar-refractivity contribution in [1.82, 2.24) is 5.32 Å².